The summed E-state index contributed by atoms with van der Waals surface area (Å²) < 4.78 is 0. The van der Waals surface area contributed by atoms with Crippen LogP contribution in [0.5, 0.6) is 0 Å². The number of fused-ring (bicyclic) bond motifs is 1. The fraction of sp³-hybridized carbons (Fsp3) is 0.364. The van der Waals surface area contributed by atoms with Crippen molar-refractivity contribution < 1.29 is 4.79 Å². The molecule has 1 aliphatic heterocycles. The summed E-state index contributed by atoms with van der Waals surface area (Å²) in [5.41, 5.74) is 5.57. The zero-order chi connectivity index (χ0) is 19.0. The van der Waals surface area contributed by atoms with Gasteiger partial charge in [0.15, 0.2) is 0 Å². The summed E-state index contributed by atoms with van der Waals surface area (Å²) in [5.74, 6) is 0.442. The predicted molar refractivity (Wildman–Crippen MR) is 108 cm³/mol. The maximum atomic E-state index is 12.5. The summed E-state index contributed by atoms with van der Waals surface area (Å²) in [6, 6.07) is 10.6. The van der Waals surface area contributed by atoms with E-state index in [1.165, 1.54) is 16.7 Å². The van der Waals surface area contributed by atoms with Crippen LogP contribution in [0.2, 0.25) is 0 Å². The molecule has 0 spiro atoms. The van der Waals surface area contributed by atoms with Gasteiger partial charge >= 0.3 is 0 Å². The molecule has 1 aliphatic rings. The van der Waals surface area contributed by atoms with Crippen molar-refractivity contribution in [2.75, 3.05) is 13.1 Å². The first-order chi connectivity index (χ1) is 13.0. The van der Waals surface area contributed by atoms with E-state index in [1.54, 1.807) is 12.4 Å². The lowest BCUT2D eigenvalue weighted by Crippen LogP contribution is -2.55. The van der Waals surface area contributed by atoms with E-state index >= 15 is 0 Å². The third-order valence-electron chi connectivity index (χ3n) is 5.69. The van der Waals surface area contributed by atoms with Gasteiger partial charge < -0.3 is 10.3 Å². The molecule has 2 aromatic heterocycles. The van der Waals surface area contributed by atoms with Crippen LogP contribution in [0.15, 0.2) is 42.7 Å². The Morgan fingerprint density at radius 2 is 2.07 bits per heavy atom. The molecule has 0 bridgehead atoms. The van der Waals surface area contributed by atoms with Gasteiger partial charge in [0.1, 0.15) is 5.69 Å². The molecule has 1 atom stereocenters. The minimum absolute atomic E-state index is 0.0497. The van der Waals surface area contributed by atoms with Gasteiger partial charge in [0.05, 0.1) is 0 Å². The number of amides is 1. The molecule has 4 rings (SSSR count). The number of nitrogens with one attached hydrogen (secondary N) is 2. The van der Waals surface area contributed by atoms with E-state index in [9.17, 15) is 4.79 Å². The van der Waals surface area contributed by atoms with E-state index in [-0.39, 0.29) is 11.9 Å². The molecule has 27 heavy (non-hydrogen) atoms. The van der Waals surface area contributed by atoms with Crippen LogP contribution in [0.25, 0.3) is 10.9 Å². The van der Waals surface area contributed by atoms with Gasteiger partial charge in [-0.3, -0.25) is 14.7 Å². The molecule has 1 aromatic carbocycles. The Balaban J connectivity index is 1.30. The number of carbonyl (C=O) groups excluding carboxylic acids is 1. The Hall–Kier alpha value is -2.66. The van der Waals surface area contributed by atoms with Crippen LogP contribution >= 0.6 is 0 Å². The van der Waals surface area contributed by atoms with Crippen LogP contribution in [-0.2, 0) is 6.54 Å². The van der Waals surface area contributed by atoms with Gasteiger partial charge in [0.2, 0.25) is 0 Å². The highest BCUT2D eigenvalue weighted by Crippen LogP contribution is 2.23. The fourth-order valence-corrected chi connectivity index (χ4v) is 3.71. The number of aryl methyl sites for hydroxylation is 2. The number of carbonyl (C=O) groups is 1. The van der Waals surface area contributed by atoms with Crippen molar-refractivity contribution in [3.8, 4) is 0 Å². The number of aromatic nitrogens is 2. The van der Waals surface area contributed by atoms with Crippen molar-refractivity contribution in [2.45, 2.75) is 33.4 Å². The van der Waals surface area contributed by atoms with Gasteiger partial charge in [0, 0.05) is 54.9 Å². The van der Waals surface area contributed by atoms with E-state index in [4.69, 9.17) is 0 Å². The number of H-pyrrole nitrogens is 1. The normalized spacial score (nSPS) is 16.3. The standard InChI is InChI=1S/C22H26N4O/c1-14-4-5-17(8-15(14)2)11-26-12-19(13-26)16(3)24-22(27)21-9-18-10-23-7-6-20(18)25-21/h4-10,16,19,25H,11-13H2,1-3H3,(H,24,27). The zero-order valence-electron chi connectivity index (χ0n) is 16.1. The third-order valence-corrected chi connectivity index (χ3v) is 5.69. The molecule has 5 heteroatoms. The smallest absolute Gasteiger partial charge is 0.267 e. The highest BCUT2D eigenvalue weighted by Gasteiger charge is 2.32. The van der Waals surface area contributed by atoms with Crippen LogP contribution in [0.4, 0.5) is 0 Å². The first-order valence-electron chi connectivity index (χ1n) is 9.51. The first kappa shape index (κ1) is 17.7. The summed E-state index contributed by atoms with van der Waals surface area (Å²) in [5, 5.41) is 4.10. The van der Waals surface area contributed by atoms with Crippen LogP contribution in [0.1, 0.15) is 34.1 Å². The van der Waals surface area contributed by atoms with Gasteiger partial charge in [-0.15, -0.1) is 0 Å². The van der Waals surface area contributed by atoms with Gasteiger partial charge in [0.25, 0.3) is 5.91 Å². The quantitative estimate of drug-likeness (QED) is 0.731. The Bertz CT molecular complexity index is 938. The molecule has 5 nitrogen and oxygen atoms in total. The van der Waals surface area contributed by atoms with E-state index in [2.05, 4.69) is 59.2 Å². The lowest BCUT2D eigenvalue weighted by atomic mass is 9.91. The zero-order valence-corrected chi connectivity index (χ0v) is 16.1. The second-order valence-electron chi connectivity index (χ2n) is 7.78. The largest absolute Gasteiger partial charge is 0.350 e. The number of pyridine rings is 1. The van der Waals surface area contributed by atoms with Crippen molar-refractivity contribution in [1.82, 2.24) is 20.2 Å². The average molecular weight is 362 g/mol. The number of hydrogen-bond donors (Lipinski definition) is 2. The van der Waals surface area contributed by atoms with E-state index < -0.39 is 0 Å². The minimum Gasteiger partial charge on any atom is -0.350 e. The molecule has 1 saturated heterocycles. The van der Waals surface area contributed by atoms with E-state index in [0.29, 0.717) is 11.6 Å². The van der Waals surface area contributed by atoms with Crippen LogP contribution < -0.4 is 5.32 Å². The van der Waals surface area contributed by atoms with Gasteiger partial charge in [-0.1, -0.05) is 18.2 Å². The second-order valence-corrected chi connectivity index (χ2v) is 7.78. The molecule has 1 unspecified atom stereocenters. The number of rotatable bonds is 5. The average Bonchev–Trinajstić information content (AvgIpc) is 3.05. The molecule has 3 aromatic rings. The maximum Gasteiger partial charge on any atom is 0.267 e. The molecular formula is C22H26N4O. The number of nitrogens with zero attached hydrogens (tertiary/aromatic N) is 2. The summed E-state index contributed by atoms with van der Waals surface area (Å²) in [6.45, 7) is 9.42. The maximum absolute atomic E-state index is 12.5. The number of hydrogen-bond acceptors (Lipinski definition) is 3. The number of likely N-dealkylation sites (tertiary alicyclic amines) is 1. The van der Waals surface area contributed by atoms with Crippen molar-refractivity contribution >= 4 is 16.8 Å². The van der Waals surface area contributed by atoms with Crippen molar-refractivity contribution in [2.24, 2.45) is 5.92 Å². The lowest BCUT2D eigenvalue weighted by Gasteiger charge is -2.42. The molecular weight excluding hydrogens is 336 g/mol. The topological polar surface area (TPSA) is 61.0 Å². The van der Waals surface area contributed by atoms with Crippen molar-refractivity contribution in [3.63, 3.8) is 0 Å². The summed E-state index contributed by atoms with van der Waals surface area (Å²) in [4.78, 5) is 22.2. The minimum atomic E-state index is -0.0497. The monoisotopic (exact) mass is 362 g/mol. The summed E-state index contributed by atoms with van der Waals surface area (Å²) in [6.07, 6.45) is 3.49. The highest BCUT2D eigenvalue weighted by atomic mass is 16.1. The highest BCUT2D eigenvalue weighted by molar-refractivity contribution is 5.97. The Morgan fingerprint density at radius 3 is 2.81 bits per heavy atom. The second kappa shape index (κ2) is 7.16. The third kappa shape index (κ3) is 3.74. The van der Waals surface area contributed by atoms with Crippen LogP contribution in [0, 0.1) is 19.8 Å². The Morgan fingerprint density at radius 1 is 1.26 bits per heavy atom. The molecule has 2 N–H and O–H groups in total. The molecule has 0 radical (unpaired) electrons. The number of aromatic amines is 1. The van der Waals surface area contributed by atoms with Gasteiger partial charge in [-0.25, -0.2) is 0 Å². The summed E-state index contributed by atoms with van der Waals surface area (Å²) >= 11 is 0. The number of benzene rings is 1. The van der Waals surface area contributed by atoms with Crippen molar-refractivity contribution in [1.29, 1.82) is 0 Å². The SMILES string of the molecule is Cc1ccc(CN2CC(C(C)NC(=O)c3cc4cnccc4[nH]3)C2)cc1C. The van der Waals surface area contributed by atoms with Crippen molar-refractivity contribution in [3.05, 3.63) is 65.1 Å². The van der Waals surface area contributed by atoms with E-state index in [0.717, 1.165) is 30.5 Å². The summed E-state index contributed by atoms with van der Waals surface area (Å²) in [7, 11) is 0. The van der Waals surface area contributed by atoms with Gasteiger partial charge in [-0.05, 0) is 49.6 Å². The van der Waals surface area contributed by atoms with Crippen LogP contribution in [-0.4, -0.2) is 39.9 Å². The Kier molecular flexibility index (Phi) is 4.70. The molecule has 1 fully saturated rings. The molecule has 3 heterocycles. The van der Waals surface area contributed by atoms with E-state index in [1.807, 2.05) is 12.1 Å². The molecule has 140 valence electrons. The Labute approximate surface area is 159 Å². The molecule has 0 saturated carbocycles. The van der Waals surface area contributed by atoms with Crippen LogP contribution in [0.3, 0.4) is 0 Å². The molecule has 1 amide bonds. The molecule has 0 aliphatic carbocycles. The first-order valence-corrected chi connectivity index (χ1v) is 9.51. The predicted octanol–water partition coefficient (Wildman–Crippen LogP) is 3.43. The van der Waals surface area contributed by atoms with Gasteiger partial charge in [-0.2, -0.15) is 0 Å². The fourth-order valence-electron chi connectivity index (χ4n) is 3.71. The lowest BCUT2D eigenvalue weighted by molar-refractivity contribution is 0.0621.